The van der Waals surface area contributed by atoms with Gasteiger partial charge in [-0.2, -0.15) is 45.3 Å². The van der Waals surface area contributed by atoms with Crippen LogP contribution in [0.5, 0.6) is 0 Å². The Morgan fingerprint density at radius 3 is 2.41 bits per heavy atom. The Hall–Kier alpha value is -3.59. The highest BCUT2D eigenvalue weighted by atomic mass is 19.4. The first kappa shape index (κ1) is 23.1. The molecule has 3 aromatic heterocycles. The third kappa shape index (κ3) is 4.67. The van der Waals surface area contributed by atoms with Crippen LogP contribution in [0, 0.1) is 0 Å². The second kappa shape index (κ2) is 7.83. The molecule has 0 amide bonds. The average molecular weight is 471 g/mol. The van der Waals surface area contributed by atoms with Crippen molar-refractivity contribution in [1.82, 2.24) is 29.8 Å². The fourth-order valence-corrected chi connectivity index (χ4v) is 2.66. The number of anilines is 1. The maximum Gasteiger partial charge on any atom is 0.455 e. The fourth-order valence-electron chi connectivity index (χ4n) is 2.66. The van der Waals surface area contributed by atoms with Gasteiger partial charge in [-0.25, -0.2) is 4.68 Å². The van der Waals surface area contributed by atoms with Gasteiger partial charge in [0.2, 0.25) is 0 Å². The van der Waals surface area contributed by atoms with Crippen LogP contribution in [0.1, 0.15) is 12.6 Å². The molecular weight excluding hydrogens is 458 g/mol. The predicted octanol–water partition coefficient (Wildman–Crippen LogP) is 3.91. The number of aromatic amines is 2. The third-order valence-electron chi connectivity index (χ3n) is 4.06. The van der Waals surface area contributed by atoms with Gasteiger partial charge in [-0.15, -0.1) is 0 Å². The number of alkyl halides is 8. The van der Waals surface area contributed by atoms with Gasteiger partial charge in [-0.05, 0) is 6.92 Å². The van der Waals surface area contributed by atoms with Crippen LogP contribution in [0.4, 0.5) is 40.8 Å². The Bertz CT molecular complexity index is 1160. The van der Waals surface area contributed by atoms with Crippen molar-refractivity contribution in [2.24, 2.45) is 0 Å². The van der Waals surface area contributed by atoms with Gasteiger partial charge in [0.1, 0.15) is 12.2 Å². The summed E-state index contributed by atoms with van der Waals surface area (Å²) in [5.41, 5.74) is -3.68. The summed E-state index contributed by atoms with van der Waals surface area (Å²) in [6.07, 6.45) is -6.06. The number of halogens is 8. The third-order valence-corrected chi connectivity index (χ3v) is 4.06. The van der Waals surface area contributed by atoms with Crippen molar-refractivity contribution in [3.63, 3.8) is 0 Å². The van der Waals surface area contributed by atoms with Crippen LogP contribution >= 0.6 is 0 Å². The van der Waals surface area contributed by atoms with Crippen LogP contribution in [0.15, 0.2) is 35.3 Å². The van der Waals surface area contributed by atoms with E-state index in [1.54, 1.807) is 0 Å². The molecule has 32 heavy (non-hydrogen) atoms. The number of H-pyrrole nitrogens is 2. The van der Waals surface area contributed by atoms with E-state index in [-0.39, 0.29) is 10.4 Å². The zero-order valence-corrected chi connectivity index (χ0v) is 15.8. The largest absolute Gasteiger partial charge is 0.455 e. The van der Waals surface area contributed by atoms with Gasteiger partial charge in [-0.3, -0.25) is 19.7 Å². The lowest BCUT2D eigenvalue weighted by Gasteiger charge is -2.19. The molecule has 3 N–H and O–H groups in total. The molecule has 0 saturated carbocycles. The summed E-state index contributed by atoms with van der Waals surface area (Å²) in [6.45, 7) is -0.533. The van der Waals surface area contributed by atoms with Gasteiger partial charge >= 0.3 is 18.3 Å². The molecule has 0 atom stereocenters. The van der Waals surface area contributed by atoms with Gasteiger partial charge in [0.15, 0.2) is 0 Å². The van der Waals surface area contributed by atoms with Crippen molar-refractivity contribution in [3.05, 3.63) is 46.5 Å². The molecule has 0 bridgehead atoms. The molecule has 0 saturated heterocycles. The lowest BCUT2D eigenvalue weighted by atomic mass is 10.1. The number of hydrogen-bond acceptors (Lipinski definition) is 4. The SMILES string of the molecule is C/C(=C/n1[nH]c(C(F)(F)F)c(-c2cnn(CC(F)(F)C(F)(F)F)c2)c1=O)Nc1cn[nH]c1. The molecule has 0 fully saturated rings. The summed E-state index contributed by atoms with van der Waals surface area (Å²) in [4.78, 5) is 12.6. The van der Waals surface area contributed by atoms with E-state index in [1.165, 1.54) is 19.3 Å². The number of rotatable bonds is 6. The zero-order chi connectivity index (χ0) is 23.9. The molecule has 0 aromatic carbocycles. The van der Waals surface area contributed by atoms with E-state index in [2.05, 4.69) is 20.6 Å². The number of hydrogen-bond donors (Lipinski definition) is 3. The highest BCUT2D eigenvalue weighted by molar-refractivity contribution is 5.65. The van der Waals surface area contributed by atoms with Gasteiger partial charge in [0, 0.05) is 29.9 Å². The minimum absolute atomic E-state index is 0.112. The second-order valence-electron chi connectivity index (χ2n) is 6.59. The van der Waals surface area contributed by atoms with Crippen molar-refractivity contribution in [1.29, 1.82) is 0 Å². The molecular formula is C16H13F8N7O. The predicted molar refractivity (Wildman–Crippen MR) is 94.4 cm³/mol. The van der Waals surface area contributed by atoms with Crippen molar-refractivity contribution in [2.75, 3.05) is 5.32 Å². The molecule has 0 radical (unpaired) electrons. The van der Waals surface area contributed by atoms with Crippen molar-refractivity contribution < 1.29 is 35.1 Å². The quantitative estimate of drug-likeness (QED) is 0.475. The lowest BCUT2D eigenvalue weighted by Crippen LogP contribution is -2.40. The Morgan fingerprint density at radius 2 is 1.84 bits per heavy atom. The van der Waals surface area contributed by atoms with E-state index in [4.69, 9.17) is 0 Å². The van der Waals surface area contributed by atoms with Crippen molar-refractivity contribution in [3.8, 4) is 11.1 Å². The fraction of sp³-hybridized carbons (Fsp3) is 0.312. The van der Waals surface area contributed by atoms with E-state index >= 15 is 0 Å². The molecule has 3 heterocycles. The summed E-state index contributed by atoms with van der Waals surface area (Å²) >= 11 is 0. The van der Waals surface area contributed by atoms with Crippen LogP contribution in [-0.2, 0) is 12.7 Å². The average Bonchev–Trinajstić information content (AvgIpc) is 3.35. The smallest absolute Gasteiger partial charge is 0.355 e. The van der Waals surface area contributed by atoms with Crippen LogP contribution < -0.4 is 10.9 Å². The van der Waals surface area contributed by atoms with E-state index < -0.39 is 47.2 Å². The molecule has 3 rings (SSSR count). The van der Waals surface area contributed by atoms with Crippen LogP contribution in [0.2, 0.25) is 0 Å². The molecule has 0 aliphatic heterocycles. The molecule has 0 spiro atoms. The number of nitrogens with zero attached hydrogens (tertiary/aromatic N) is 4. The number of allylic oxidation sites excluding steroid dienone is 1. The minimum Gasteiger partial charge on any atom is -0.355 e. The van der Waals surface area contributed by atoms with Gasteiger partial charge < -0.3 is 5.32 Å². The maximum atomic E-state index is 13.5. The second-order valence-corrected chi connectivity index (χ2v) is 6.59. The molecule has 16 heteroatoms. The molecule has 0 aliphatic rings. The monoisotopic (exact) mass is 471 g/mol. The van der Waals surface area contributed by atoms with Crippen molar-refractivity contribution in [2.45, 2.75) is 31.7 Å². The Kier molecular flexibility index (Phi) is 5.65. The van der Waals surface area contributed by atoms with Gasteiger partial charge in [0.25, 0.3) is 5.56 Å². The van der Waals surface area contributed by atoms with Crippen molar-refractivity contribution >= 4 is 11.9 Å². The summed E-state index contributed by atoms with van der Waals surface area (Å²) in [5, 5.41) is 14.0. The Morgan fingerprint density at radius 1 is 1.16 bits per heavy atom. The summed E-state index contributed by atoms with van der Waals surface area (Å²) in [5.74, 6) is -5.18. The summed E-state index contributed by atoms with van der Waals surface area (Å²) < 4.78 is 105. The Balaban J connectivity index is 2.00. The van der Waals surface area contributed by atoms with E-state index in [0.717, 1.165) is 6.20 Å². The number of aromatic nitrogens is 6. The lowest BCUT2D eigenvalue weighted by molar-refractivity contribution is -0.287. The molecule has 8 nitrogen and oxygen atoms in total. The van der Waals surface area contributed by atoms with Crippen LogP contribution in [0.25, 0.3) is 17.3 Å². The van der Waals surface area contributed by atoms with Gasteiger partial charge in [-0.1, -0.05) is 0 Å². The van der Waals surface area contributed by atoms with Crippen LogP contribution in [-0.4, -0.2) is 41.9 Å². The summed E-state index contributed by atoms with van der Waals surface area (Å²) in [7, 11) is 0. The highest BCUT2D eigenvalue weighted by Gasteiger charge is 2.57. The summed E-state index contributed by atoms with van der Waals surface area (Å²) in [6, 6.07) is 0. The first-order valence-electron chi connectivity index (χ1n) is 8.52. The minimum atomic E-state index is -5.89. The van der Waals surface area contributed by atoms with Crippen LogP contribution in [0.3, 0.4) is 0 Å². The standard InChI is InChI=1S/C16H13F8N7O/c1-8(28-10-3-25-26-4-10)5-31-13(32)11(12(29-31)15(19,20)21)9-2-27-30(6-9)7-14(17,18)16(22,23)24/h2-6,28-29H,7H2,1H3,(H,25,26)/b8-5-. The molecule has 0 unspecified atom stereocenters. The molecule has 174 valence electrons. The van der Waals surface area contributed by atoms with Gasteiger partial charge in [0.05, 0.1) is 23.6 Å². The maximum absolute atomic E-state index is 13.5. The topological polar surface area (TPSA) is 96.3 Å². The first-order chi connectivity index (χ1) is 14.7. The molecule has 0 aliphatic carbocycles. The molecule has 3 aromatic rings. The van der Waals surface area contributed by atoms with E-state index in [9.17, 15) is 39.9 Å². The van der Waals surface area contributed by atoms with E-state index in [0.29, 0.717) is 22.8 Å². The normalized spacial score (nSPS) is 13.6. The highest BCUT2D eigenvalue weighted by Crippen LogP contribution is 2.37. The zero-order valence-electron chi connectivity index (χ0n) is 15.8. The van der Waals surface area contributed by atoms with E-state index in [1.807, 2.05) is 5.10 Å². The first-order valence-corrected chi connectivity index (χ1v) is 8.52. The Labute approximate surface area is 172 Å². The number of nitrogens with one attached hydrogen (secondary N) is 3.